The predicted molar refractivity (Wildman–Crippen MR) is 171 cm³/mol. The summed E-state index contributed by atoms with van der Waals surface area (Å²) in [7, 11) is -3.10. The van der Waals surface area contributed by atoms with Gasteiger partial charge in [0.25, 0.3) is 16.0 Å². The Bertz CT molecular complexity index is 2300. The van der Waals surface area contributed by atoms with Crippen molar-refractivity contribution in [3.63, 3.8) is 0 Å². The molecule has 0 spiro atoms. The summed E-state index contributed by atoms with van der Waals surface area (Å²) in [4.78, 5) is 16.3. The third-order valence-electron chi connectivity index (χ3n) is 7.19. The first-order valence-electron chi connectivity index (χ1n) is 13.0. The SMILES string of the molecule is COc1ccc(NC(=O)c2cc3ccc4c5ccccc5[nH]c4c3c(N=Nc3cc(Cl)c(S(=O)(=O)O)cc3Cl)c2O)c(C)c1. The molecule has 10 nitrogen and oxygen atoms in total. The lowest BCUT2D eigenvalue weighted by Crippen LogP contribution is -2.13. The summed E-state index contributed by atoms with van der Waals surface area (Å²) in [5.41, 5.74) is 2.62. The lowest BCUT2D eigenvalue weighted by Gasteiger charge is -2.13. The number of halogens is 2. The van der Waals surface area contributed by atoms with Crippen LogP contribution in [0.25, 0.3) is 32.6 Å². The fourth-order valence-electron chi connectivity index (χ4n) is 5.04. The fourth-order valence-corrected chi connectivity index (χ4v) is 6.33. The normalized spacial score (nSPS) is 12.0. The Morgan fingerprint density at radius 1 is 0.955 bits per heavy atom. The standard InChI is InChI=1S/C31H22Cl2N4O6S/c1-15-11-17(43-2)8-10-23(15)35-31(39)20-12-16-7-9-19-18-5-3-4-6-24(18)34-28(19)27(16)29(30(20)38)37-36-25-13-22(33)26(14-21(25)32)44(40,41)42/h3-14,34,38H,1-2H3,(H,35,39)(H,40,41,42). The molecule has 6 aromatic rings. The number of rotatable bonds is 6. The van der Waals surface area contributed by atoms with Crippen molar-refractivity contribution in [2.75, 3.05) is 12.4 Å². The molecule has 0 aliphatic heterocycles. The highest BCUT2D eigenvalue weighted by atomic mass is 35.5. The Morgan fingerprint density at radius 3 is 2.45 bits per heavy atom. The van der Waals surface area contributed by atoms with Crippen LogP contribution in [-0.2, 0) is 10.1 Å². The van der Waals surface area contributed by atoms with Gasteiger partial charge in [0.15, 0.2) is 5.75 Å². The maximum absolute atomic E-state index is 13.5. The molecule has 1 aromatic heterocycles. The summed E-state index contributed by atoms with van der Waals surface area (Å²) in [5, 5.41) is 25.2. The van der Waals surface area contributed by atoms with Crippen LogP contribution >= 0.6 is 23.2 Å². The molecule has 4 N–H and O–H groups in total. The molecule has 44 heavy (non-hydrogen) atoms. The fraction of sp³-hybridized carbons (Fsp3) is 0.0645. The van der Waals surface area contributed by atoms with E-state index in [1.165, 1.54) is 0 Å². The first-order chi connectivity index (χ1) is 21.0. The number of nitrogens with one attached hydrogen (secondary N) is 2. The molecule has 0 bridgehead atoms. The number of carbonyl (C=O) groups is 1. The highest BCUT2D eigenvalue weighted by molar-refractivity contribution is 7.86. The van der Waals surface area contributed by atoms with E-state index in [1.54, 1.807) is 31.4 Å². The highest BCUT2D eigenvalue weighted by Crippen LogP contribution is 2.45. The van der Waals surface area contributed by atoms with E-state index < -0.39 is 26.7 Å². The van der Waals surface area contributed by atoms with Crippen LogP contribution in [0.5, 0.6) is 11.5 Å². The number of anilines is 1. The number of amides is 1. The smallest absolute Gasteiger partial charge is 0.296 e. The summed E-state index contributed by atoms with van der Waals surface area (Å²) in [6, 6.07) is 20.2. The molecule has 0 radical (unpaired) electrons. The number of carbonyl (C=O) groups excluding carboxylic acids is 1. The van der Waals surface area contributed by atoms with Crippen LogP contribution in [0.2, 0.25) is 10.0 Å². The molecule has 0 aliphatic rings. The number of methoxy groups -OCH3 is 1. The molecule has 0 aliphatic carbocycles. The third kappa shape index (κ3) is 5.20. The van der Waals surface area contributed by atoms with Gasteiger partial charge in [-0.2, -0.15) is 8.42 Å². The summed E-state index contributed by atoms with van der Waals surface area (Å²) in [6.07, 6.45) is 0. The van der Waals surface area contributed by atoms with Crippen molar-refractivity contribution < 1.29 is 27.6 Å². The minimum absolute atomic E-state index is 0.0378. The molecule has 5 aromatic carbocycles. The minimum Gasteiger partial charge on any atom is -0.505 e. The number of phenols is 1. The van der Waals surface area contributed by atoms with Crippen molar-refractivity contribution in [3.05, 3.63) is 94.0 Å². The van der Waals surface area contributed by atoms with Gasteiger partial charge in [0.2, 0.25) is 0 Å². The van der Waals surface area contributed by atoms with Crippen molar-refractivity contribution in [2.45, 2.75) is 11.8 Å². The van der Waals surface area contributed by atoms with E-state index in [0.29, 0.717) is 27.7 Å². The van der Waals surface area contributed by atoms with Gasteiger partial charge in [0.1, 0.15) is 22.0 Å². The molecule has 13 heteroatoms. The molecule has 1 heterocycles. The molecular formula is C31H22Cl2N4O6S. The van der Waals surface area contributed by atoms with Crippen molar-refractivity contribution >= 4 is 88.9 Å². The number of hydrogen-bond acceptors (Lipinski definition) is 7. The zero-order valence-corrected chi connectivity index (χ0v) is 25.3. The first-order valence-corrected chi connectivity index (χ1v) is 15.2. The van der Waals surface area contributed by atoms with Gasteiger partial charge < -0.3 is 20.1 Å². The number of fused-ring (bicyclic) bond motifs is 5. The largest absolute Gasteiger partial charge is 0.505 e. The average Bonchev–Trinajstić information content (AvgIpc) is 3.37. The van der Waals surface area contributed by atoms with Gasteiger partial charge in [-0.1, -0.05) is 53.5 Å². The van der Waals surface area contributed by atoms with E-state index in [4.69, 9.17) is 27.9 Å². The van der Waals surface area contributed by atoms with Crippen LogP contribution in [-0.4, -0.2) is 36.1 Å². The zero-order chi connectivity index (χ0) is 31.3. The molecule has 222 valence electrons. The second kappa shape index (κ2) is 11.1. The Hall–Kier alpha value is -4.68. The van der Waals surface area contributed by atoms with Gasteiger partial charge in [0, 0.05) is 27.4 Å². The summed E-state index contributed by atoms with van der Waals surface area (Å²) in [5.74, 6) is -0.417. The maximum Gasteiger partial charge on any atom is 0.296 e. The Labute approximate surface area is 260 Å². The summed E-state index contributed by atoms with van der Waals surface area (Å²) < 4.78 is 38.0. The van der Waals surface area contributed by atoms with Crippen LogP contribution in [0.1, 0.15) is 15.9 Å². The van der Waals surface area contributed by atoms with Gasteiger partial charge in [-0.25, -0.2) is 0 Å². The average molecular weight is 650 g/mol. The molecule has 0 fully saturated rings. The second-order valence-corrected chi connectivity index (χ2v) is 12.1. The number of ether oxygens (including phenoxy) is 1. The number of aromatic nitrogens is 1. The number of azo groups is 1. The number of nitrogens with zero attached hydrogens (tertiary/aromatic N) is 2. The maximum atomic E-state index is 13.5. The number of aryl methyl sites for hydroxylation is 1. The number of H-pyrrole nitrogens is 1. The first kappa shape index (κ1) is 29.4. The second-order valence-electron chi connectivity index (χ2n) is 9.92. The van der Waals surface area contributed by atoms with Gasteiger partial charge in [-0.15, -0.1) is 10.2 Å². The molecule has 0 unspecified atom stereocenters. The Morgan fingerprint density at radius 2 is 1.73 bits per heavy atom. The van der Waals surface area contributed by atoms with Crippen molar-refractivity contribution in [1.82, 2.24) is 4.98 Å². The van der Waals surface area contributed by atoms with E-state index in [1.807, 2.05) is 43.3 Å². The van der Waals surface area contributed by atoms with E-state index in [9.17, 15) is 22.9 Å². The van der Waals surface area contributed by atoms with Gasteiger partial charge in [-0.05, 0) is 60.3 Å². The minimum atomic E-state index is -4.64. The molecule has 0 saturated carbocycles. The quantitative estimate of drug-likeness (QED) is 0.105. The molecule has 0 atom stereocenters. The van der Waals surface area contributed by atoms with Gasteiger partial charge in [0.05, 0.1) is 28.2 Å². The molecule has 0 saturated heterocycles. The van der Waals surface area contributed by atoms with E-state index in [2.05, 4.69) is 20.5 Å². The Balaban J connectivity index is 1.55. The topological polar surface area (TPSA) is 153 Å². The van der Waals surface area contributed by atoms with Crippen LogP contribution in [0, 0.1) is 6.92 Å². The number of benzene rings is 5. The number of aromatic hydroxyl groups is 1. The zero-order valence-electron chi connectivity index (χ0n) is 23.0. The molecule has 1 amide bonds. The molecule has 6 rings (SSSR count). The van der Waals surface area contributed by atoms with Crippen LogP contribution < -0.4 is 10.1 Å². The van der Waals surface area contributed by atoms with Crippen molar-refractivity contribution in [1.29, 1.82) is 0 Å². The third-order valence-corrected chi connectivity index (χ3v) is 8.82. The van der Waals surface area contributed by atoms with E-state index in [-0.39, 0.29) is 27.0 Å². The Kier molecular flexibility index (Phi) is 7.42. The monoisotopic (exact) mass is 648 g/mol. The number of phenolic OH excluding ortho intramolecular Hbond substituents is 1. The van der Waals surface area contributed by atoms with E-state index >= 15 is 0 Å². The highest BCUT2D eigenvalue weighted by Gasteiger charge is 2.23. The molecular weight excluding hydrogens is 627 g/mol. The summed E-state index contributed by atoms with van der Waals surface area (Å²) in [6.45, 7) is 1.81. The lowest BCUT2D eigenvalue weighted by molar-refractivity contribution is 0.102. The number of para-hydroxylation sites is 1. The number of aromatic amines is 1. The summed E-state index contributed by atoms with van der Waals surface area (Å²) >= 11 is 12.3. The lowest BCUT2D eigenvalue weighted by atomic mass is 10.00. The van der Waals surface area contributed by atoms with Crippen molar-refractivity contribution in [2.24, 2.45) is 10.2 Å². The predicted octanol–water partition coefficient (Wildman–Crippen LogP) is 8.72. The van der Waals surface area contributed by atoms with Crippen LogP contribution in [0.3, 0.4) is 0 Å². The van der Waals surface area contributed by atoms with Crippen LogP contribution in [0.15, 0.2) is 87.9 Å². The van der Waals surface area contributed by atoms with Gasteiger partial charge >= 0.3 is 0 Å². The van der Waals surface area contributed by atoms with Crippen LogP contribution in [0.4, 0.5) is 17.1 Å². The number of hydrogen-bond donors (Lipinski definition) is 4. The van der Waals surface area contributed by atoms with Gasteiger partial charge in [-0.3, -0.25) is 9.35 Å². The van der Waals surface area contributed by atoms with Crippen molar-refractivity contribution in [3.8, 4) is 11.5 Å². The van der Waals surface area contributed by atoms with E-state index in [0.717, 1.165) is 34.0 Å².